The number of hydrogen-bond donors (Lipinski definition) is 0. The normalized spacial score (nSPS) is 17.3. The second-order valence-electron chi connectivity index (χ2n) is 5.49. The van der Waals surface area contributed by atoms with E-state index in [9.17, 15) is 13.2 Å². The lowest BCUT2D eigenvalue weighted by Gasteiger charge is -2.17. The van der Waals surface area contributed by atoms with Gasteiger partial charge in [0.2, 0.25) is 0 Å². The number of hydrogen-bond acceptors (Lipinski definition) is 1. The van der Waals surface area contributed by atoms with Gasteiger partial charge in [0.1, 0.15) is 5.75 Å². The van der Waals surface area contributed by atoms with Crippen molar-refractivity contribution in [2.45, 2.75) is 44.7 Å². The van der Waals surface area contributed by atoms with Gasteiger partial charge in [0, 0.05) is 0 Å². The van der Waals surface area contributed by atoms with Crippen LogP contribution < -0.4 is 4.74 Å². The maximum Gasteiger partial charge on any atom is 0.416 e. The van der Waals surface area contributed by atoms with Crippen LogP contribution in [0.2, 0.25) is 0 Å². The number of alkyl halides is 3. The molecule has 0 radical (unpaired) electrons. The van der Waals surface area contributed by atoms with E-state index >= 15 is 0 Å². The monoisotopic (exact) mass is 298 g/mol. The zero-order chi connectivity index (χ0) is 15.1. The molecule has 1 aliphatic rings. The fourth-order valence-electron chi connectivity index (χ4n) is 2.62. The van der Waals surface area contributed by atoms with Gasteiger partial charge >= 0.3 is 6.18 Å². The highest BCUT2D eigenvalue weighted by molar-refractivity contribution is 5.30. The molecule has 0 N–H and O–H groups in total. The predicted molar refractivity (Wildman–Crippen MR) is 77.3 cm³/mol. The molecule has 1 saturated carbocycles. The average Bonchev–Trinajstić information content (AvgIpc) is 2.47. The first-order valence-electron chi connectivity index (χ1n) is 7.52. The van der Waals surface area contributed by atoms with Gasteiger partial charge in [-0.15, -0.1) is 0 Å². The molecule has 0 aromatic heterocycles. The molecule has 1 fully saturated rings. The number of ether oxygens (including phenoxy) is 1. The lowest BCUT2D eigenvalue weighted by atomic mass is 9.89. The van der Waals surface area contributed by atoms with Crippen molar-refractivity contribution in [1.82, 2.24) is 0 Å². The average molecular weight is 298 g/mol. The minimum atomic E-state index is -4.32. The second kappa shape index (κ2) is 7.53. The van der Waals surface area contributed by atoms with Crippen LogP contribution in [0.5, 0.6) is 5.75 Å². The van der Waals surface area contributed by atoms with Crippen LogP contribution in [0, 0.1) is 5.92 Å². The van der Waals surface area contributed by atoms with Gasteiger partial charge in [-0.2, -0.15) is 13.2 Å². The van der Waals surface area contributed by atoms with Crippen molar-refractivity contribution in [3.8, 4) is 5.75 Å². The number of allylic oxidation sites excluding steroid dienone is 1. The van der Waals surface area contributed by atoms with E-state index < -0.39 is 11.7 Å². The van der Waals surface area contributed by atoms with E-state index in [1.54, 1.807) is 6.07 Å². The molecule has 21 heavy (non-hydrogen) atoms. The van der Waals surface area contributed by atoms with Gasteiger partial charge in [-0.3, -0.25) is 0 Å². The zero-order valence-electron chi connectivity index (χ0n) is 12.0. The van der Waals surface area contributed by atoms with Gasteiger partial charge < -0.3 is 4.74 Å². The quantitative estimate of drug-likeness (QED) is 0.507. The first-order valence-corrected chi connectivity index (χ1v) is 7.52. The van der Waals surface area contributed by atoms with Gasteiger partial charge in [-0.1, -0.05) is 37.5 Å². The first kappa shape index (κ1) is 15.9. The van der Waals surface area contributed by atoms with Crippen LogP contribution in [0.1, 0.15) is 44.1 Å². The van der Waals surface area contributed by atoms with Gasteiger partial charge in [-0.05, 0) is 43.4 Å². The molecular weight excluding hydrogens is 277 g/mol. The minimum absolute atomic E-state index is 0.274. The van der Waals surface area contributed by atoms with Crippen molar-refractivity contribution < 1.29 is 17.9 Å². The molecule has 1 aliphatic carbocycles. The molecule has 1 nitrogen and oxygen atoms in total. The molecule has 0 unspecified atom stereocenters. The molecule has 0 heterocycles. The van der Waals surface area contributed by atoms with E-state index in [0.29, 0.717) is 12.5 Å². The Bertz CT molecular complexity index is 459. The Morgan fingerprint density at radius 1 is 1.14 bits per heavy atom. The predicted octanol–water partition coefficient (Wildman–Crippen LogP) is 5.61. The summed E-state index contributed by atoms with van der Waals surface area (Å²) in [4.78, 5) is 0. The van der Waals surface area contributed by atoms with Crippen molar-refractivity contribution in [3.63, 3.8) is 0 Å². The van der Waals surface area contributed by atoms with Crippen LogP contribution in [0.3, 0.4) is 0 Å². The summed E-state index contributed by atoms with van der Waals surface area (Å²) in [7, 11) is 0. The molecule has 0 aliphatic heterocycles. The maximum absolute atomic E-state index is 12.5. The second-order valence-corrected chi connectivity index (χ2v) is 5.49. The lowest BCUT2D eigenvalue weighted by Crippen LogP contribution is -2.05. The third kappa shape index (κ3) is 5.44. The number of rotatable bonds is 5. The summed E-state index contributed by atoms with van der Waals surface area (Å²) in [5.74, 6) is 0.947. The summed E-state index contributed by atoms with van der Waals surface area (Å²) in [6.07, 6.45) is 7.18. The SMILES string of the molecule is FC(F)(F)c1cccc(OCC/C=C/C2CCCCC2)c1. The van der Waals surface area contributed by atoms with E-state index in [1.165, 1.54) is 38.2 Å². The zero-order valence-corrected chi connectivity index (χ0v) is 12.0. The fraction of sp³-hybridized carbons (Fsp3) is 0.529. The molecule has 116 valence electrons. The van der Waals surface area contributed by atoms with Crippen molar-refractivity contribution in [1.29, 1.82) is 0 Å². The summed E-state index contributed by atoms with van der Waals surface area (Å²) >= 11 is 0. The maximum atomic E-state index is 12.5. The topological polar surface area (TPSA) is 9.23 Å². The van der Waals surface area contributed by atoms with Crippen LogP contribution >= 0.6 is 0 Å². The Labute approximate surface area is 123 Å². The van der Waals surface area contributed by atoms with Gasteiger partial charge in [0.25, 0.3) is 0 Å². The Morgan fingerprint density at radius 2 is 1.90 bits per heavy atom. The summed E-state index contributed by atoms with van der Waals surface area (Å²) < 4.78 is 43.0. The number of halogens is 3. The molecule has 0 saturated heterocycles. The van der Waals surface area contributed by atoms with E-state index in [1.807, 2.05) is 0 Å². The molecule has 0 atom stereocenters. The standard InChI is InChI=1S/C17H21F3O/c18-17(19,20)15-10-6-11-16(13-15)21-12-5-4-9-14-7-2-1-3-8-14/h4,6,9-11,13-14H,1-3,5,7-8,12H2/b9-4+. The molecule has 1 aromatic carbocycles. The molecule has 0 amide bonds. The Hall–Kier alpha value is -1.45. The smallest absolute Gasteiger partial charge is 0.416 e. The summed E-state index contributed by atoms with van der Waals surface area (Å²) in [5, 5.41) is 0. The van der Waals surface area contributed by atoms with E-state index in [4.69, 9.17) is 4.74 Å². The van der Waals surface area contributed by atoms with Crippen LogP contribution in [0.15, 0.2) is 36.4 Å². The van der Waals surface area contributed by atoms with Crippen LogP contribution in [-0.4, -0.2) is 6.61 Å². The summed E-state index contributed by atoms with van der Waals surface area (Å²) in [5.41, 5.74) is -0.669. The largest absolute Gasteiger partial charge is 0.493 e. The highest BCUT2D eigenvalue weighted by Crippen LogP contribution is 2.31. The van der Waals surface area contributed by atoms with Crippen molar-refractivity contribution in [3.05, 3.63) is 42.0 Å². The molecule has 2 rings (SSSR count). The van der Waals surface area contributed by atoms with Crippen LogP contribution in [-0.2, 0) is 6.18 Å². The molecule has 1 aromatic rings. The third-order valence-corrected chi connectivity index (χ3v) is 3.77. The van der Waals surface area contributed by atoms with Gasteiger partial charge in [-0.25, -0.2) is 0 Å². The van der Waals surface area contributed by atoms with Crippen molar-refractivity contribution in [2.24, 2.45) is 5.92 Å². The van der Waals surface area contributed by atoms with Crippen LogP contribution in [0.25, 0.3) is 0 Å². The molecule has 0 bridgehead atoms. The summed E-state index contributed by atoms with van der Waals surface area (Å²) in [6, 6.07) is 5.02. The van der Waals surface area contributed by atoms with Gasteiger partial charge in [0.05, 0.1) is 12.2 Å². The first-order chi connectivity index (χ1) is 10.1. The number of benzene rings is 1. The summed E-state index contributed by atoms with van der Waals surface area (Å²) in [6.45, 7) is 0.407. The van der Waals surface area contributed by atoms with E-state index in [-0.39, 0.29) is 5.75 Å². The van der Waals surface area contributed by atoms with E-state index in [0.717, 1.165) is 18.6 Å². The fourth-order valence-corrected chi connectivity index (χ4v) is 2.62. The third-order valence-electron chi connectivity index (χ3n) is 3.77. The van der Waals surface area contributed by atoms with Crippen molar-refractivity contribution >= 4 is 0 Å². The van der Waals surface area contributed by atoms with Gasteiger partial charge in [0.15, 0.2) is 0 Å². The minimum Gasteiger partial charge on any atom is -0.493 e. The molecule has 0 spiro atoms. The Morgan fingerprint density at radius 3 is 2.62 bits per heavy atom. The van der Waals surface area contributed by atoms with Crippen LogP contribution in [0.4, 0.5) is 13.2 Å². The lowest BCUT2D eigenvalue weighted by molar-refractivity contribution is -0.137. The van der Waals surface area contributed by atoms with E-state index in [2.05, 4.69) is 12.2 Å². The molecular formula is C17H21F3O. The Balaban J connectivity index is 1.74. The highest BCUT2D eigenvalue weighted by Gasteiger charge is 2.30. The highest BCUT2D eigenvalue weighted by atomic mass is 19.4. The Kier molecular flexibility index (Phi) is 5.71. The molecule has 4 heteroatoms. The van der Waals surface area contributed by atoms with Crippen molar-refractivity contribution in [2.75, 3.05) is 6.61 Å².